The number of hydrogen-bond donors (Lipinski definition) is 4. The maximum Gasteiger partial charge on any atom is 0.490 e. The van der Waals surface area contributed by atoms with E-state index in [1.807, 2.05) is 13.8 Å². The first-order valence-corrected chi connectivity index (χ1v) is 7.03. The van der Waals surface area contributed by atoms with Crippen LogP contribution in [-0.4, -0.2) is 52.9 Å². The topological polar surface area (TPSA) is 116 Å². The summed E-state index contributed by atoms with van der Waals surface area (Å²) in [7, 11) is 0. The Morgan fingerprint density at radius 3 is 2.04 bits per heavy atom. The van der Waals surface area contributed by atoms with E-state index in [0.717, 1.165) is 5.57 Å². The van der Waals surface area contributed by atoms with E-state index in [9.17, 15) is 22.8 Å². The van der Waals surface area contributed by atoms with Crippen LogP contribution in [0.1, 0.15) is 27.2 Å². The van der Waals surface area contributed by atoms with Gasteiger partial charge in [0.05, 0.1) is 0 Å². The Morgan fingerprint density at radius 1 is 1.21 bits per heavy atom. The fourth-order valence-corrected chi connectivity index (χ4v) is 2.13. The predicted octanol–water partition coefficient (Wildman–Crippen LogP) is 1.15. The zero-order chi connectivity index (χ0) is 19.1. The van der Waals surface area contributed by atoms with Crippen LogP contribution in [-0.2, 0) is 14.4 Å². The lowest BCUT2D eigenvalue weighted by Gasteiger charge is -2.17. The van der Waals surface area contributed by atoms with Crippen molar-refractivity contribution < 1.29 is 37.8 Å². The minimum absolute atomic E-state index is 0.00472. The molecule has 24 heavy (non-hydrogen) atoms. The van der Waals surface area contributed by atoms with Crippen molar-refractivity contribution in [1.82, 2.24) is 10.6 Å². The molecule has 138 valence electrons. The van der Waals surface area contributed by atoms with Crippen molar-refractivity contribution in [2.45, 2.75) is 45.5 Å². The first kappa shape index (κ1) is 21.9. The number of rotatable bonds is 4. The molecule has 0 saturated carbocycles. The second-order valence-corrected chi connectivity index (χ2v) is 5.55. The number of aliphatic carboxylic acids is 2. The lowest BCUT2D eigenvalue weighted by Crippen LogP contribution is -2.43. The Bertz CT molecular complexity index is 501. The molecule has 0 unspecified atom stereocenters. The van der Waals surface area contributed by atoms with Crippen molar-refractivity contribution in [2.75, 3.05) is 6.54 Å². The van der Waals surface area contributed by atoms with E-state index in [2.05, 4.69) is 16.7 Å². The predicted molar refractivity (Wildman–Crippen MR) is 78.3 cm³/mol. The standard InChI is InChI=1S/C12H20N2O3.C2HF3O2/c1-7(2)4-9-5-10(12(16)17)14-11(9)6-13-8(3)15;3-2(4,5)1(6)7/h4,9-11,14H,5-6H2,1-3H3,(H,13,15)(H,16,17);(H,6,7)/t9-,10+,11-;/m0./s1. The molecule has 1 rings (SSSR count). The van der Waals surface area contributed by atoms with Gasteiger partial charge >= 0.3 is 18.1 Å². The number of carbonyl (C=O) groups excluding carboxylic acids is 1. The number of alkyl halides is 3. The highest BCUT2D eigenvalue weighted by molar-refractivity contribution is 5.74. The van der Waals surface area contributed by atoms with Crippen molar-refractivity contribution in [1.29, 1.82) is 0 Å². The highest BCUT2D eigenvalue weighted by Gasteiger charge is 2.38. The summed E-state index contributed by atoms with van der Waals surface area (Å²) in [5.41, 5.74) is 1.16. The van der Waals surface area contributed by atoms with Crippen molar-refractivity contribution in [3.63, 3.8) is 0 Å². The molecule has 1 amide bonds. The summed E-state index contributed by atoms with van der Waals surface area (Å²) in [4.78, 5) is 30.7. The van der Waals surface area contributed by atoms with Gasteiger partial charge in [-0.3, -0.25) is 14.9 Å². The molecule has 0 aromatic rings. The van der Waals surface area contributed by atoms with E-state index in [1.165, 1.54) is 6.92 Å². The van der Waals surface area contributed by atoms with Crippen LogP contribution < -0.4 is 10.6 Å². The number of hydrogen-bond acceptors (Lipinski definition) is 4. The van der Waals surface area contributed by atoms with Gasteiger partial charge in [-0.2, -0.15) is 13.2 Å². The zero-order valence-electron chi connectivity index (χ0n) is 13.5. The zero-order valence-corrected chi connectivity index (χ0v) is 13.5. The van der Waals surface area contributed by atoms with E-state index in [0.29, 0.717) is 13.0 Å². The third-order valence-corrected chi connectivity index (χ3v) is 3.10. The maximum atomic E-state index is 10.9. The lowest BCUT2D eigenvalue weighted by molar-refractivity contribution is -0.192. The molecule has 0 spiro atoms. The molecule has 10 heteroatoms. The number of carboxylic acids is 2. The van der Waals surface area contributed by atoms with Crippen LogP contribution in [0.15, 0.2) is 11.6 Å². The van der Waals surface area contributed by atoms with Gasteiger partial charge in [0.1, 0.15) is 6.04 Å². The minimum atomic E-state index is -5.08. The summed E-state index contributed by atoms with van der Waals surface area (Å²) in [6.07, 6.45) is -2.44. The quantitative estimate of drug-likeness (QED) is 0.563. The van der Waals surface area contributed by atoms with Crippen LogP contribution in [0.4, 0.5) is 13.2 Å². The van der Waals surface area contributed by atoms with Gasteiger partial charge in [0.25, 0.3) is 0 Å². The molecule has 1 saturated heterocycles. The molecule has 0 aromatic heterocycles. The first-order valence-electron chi connectivity index (χ1n) is 7.03. The molecule has 1 aliphatic rings. The van der Waals surface area contributed by atoms with Crippen molar-refractivity contribution >= 4 is 17.8 Å². The number of halogens is 3. The molecule has 1 heterocycles. The average Bonchev–Trinajstić information content (AvgIpc) is 2.78. The van der Waals surface area contributed by atoms with Gasteiger partial charge in [0.2, 0.25) is 5.91 Å². The maximum absolute atomic E-state index is 10.9. The van der Waals surface area contributed by atoms with Crippen LogP contribution in [0.3, 0.4) is 0 Å². The number of amides is 1. The third-order valence-electron chi connectivity index (χ3n) is 3.10. The van der Waals surface area contributed by atoms with Gasteiger partial charge in [-0.25, -0.2) is 4.79 Å². The van der Waals surface area contributed by atoms with Crippen LogP contribution in [0.25, 0.3) is 0 Å². The van der Waals surface area contributed by atoms with Gasteiger partial charge in [0, 0.05) is 19.5 Å². The Labute approximate surface area is 136 Å². The van der Waals surface area contributed by atoms with Gasteiger partial charge < -0.3 is 15.5 Å². The number of carbonyl (C=O) groups is 3. The molecular weight excluding hydrogens is 333 g/mol. The summed E-state index contributed by atoms with van der Waals surface area (Å²) >= 11 is 0. The fourth-order valence-electron chi connectivity index (χ4n) is 2.13. The molecule has 1 aliphatic heterocycles. The molecule has 1 fully saturated rings. The largest absolute Gasteiger partial charge is 0.490 e. The van der Waals surface area contributed by atoms with Gasteiger partial charge in [0.15, 0.2) is 0 Å². The molecule has 0 radical (unpaired) electrons. The van der Waals surface area contributed by atoms with Gasteiger partial charge in [-0.1, -0.05) is 11.6 Å². The number of allylic oxidation sites excluding steroid dienone is 1. The summed E-state index contributed by atoms with van der Waals surface area (Å²) < 4.78 is 31.7. The van der Waals surface area contributed by atoms with E-state index >= 15 is 0 Å². The lowest BCUT2D eigenvalue weighted by atomic mass is 9.96. The summed E-state index contributed by atoms with van der Waals surface area (Å²) in [5, 5.41) is 21.9. The molecule has 7 nitrogen and oxygen atoms in total. The minimum Gasteiger partial charge on any atom is -0.480 e. The van der Waals surface area contributed by atoms with E-state index in [4.69, 9.17) is 15.0 Å². The first-order chi connectivity index (χ1) is 10.8. The van der Waals surface area contributed by atoms with Crippen molar-refractivity contribution in [3.05, 3.63) is 11.6 Å². The van der Waals surface area contributed by atoms with Crippen LogP contribution >= 0.6 is 0 Å². The summed E-state index contributed by atoms with van der Waals surface area (Å²) in [5.74, 6) is -3.52. The van der Waals surface area contributed by atoms with E-state index in [-0.39, 0.29) is 17.9 Å². The Hall–Kier alpha value is -2.10. The molecule has 0 bridgehead atoms. The molecule has 0 aromatic carbocycles. The van der Waals surface area contributed by atoms with E-state index in [1.54, 1.807) is 0 Å². The Balaban J connectivity index is 0.000000640. The summed E-state index contributed by atoms with van der Waals surface area (Å²) in [6.45, 7) is 5.90. The van der Waals surface area contributed by atoms with Gasteiger partial charge in [-0.15, -0.1) is 0 Å². The smallest absolute Gasteiger partial charge is 0.480 e. The Kier molecular flexibility index (Phi) is 8.45. The second kappa shape index (κ2) is 9.26. The van der Waals surface area contributed by atoms with Crippen LogP contribution in [0, 0.1) is 5.92 Å². The Morgan fingerprint density at radius 2 is 1.71 bits per heavy atom. The summed E-state index contributed by atoms with van der Waals surface area (Å²) in [6, 6.07) is -0.524. The van der Waals surface area contributed by atoms with Crippen molar-refractivity contribution in [2.24, 2.45) is 5.92 Å². The van der Waals surface area contributed by atoms with Crippen LogP contribution in [0.5, 0.6) is 0 Å². The highest BCUT2D eigenvalue weighted by atomic mass is 19.4. The fraction of sp³-hybridized carbons (Fsp3) is 0.643. The normalized spacial score (nSPS) is 22.8. The molecule has 0 aliphatic carbocycles. The average molecular weight is 354 g/mol. The van der Waals surface area contributed by atoms with E-state index < -0.39 is 24.2 Å². The number of carboxylic acid groups (broad SMARTS) is 2. The molecule has 3 atom stereocenters. The molecular formula is C14H21F3N2O5. The van der Waals surface area contributed by atoms with Crippen LogP contribution in [0.2, 0.25) is 0 Å². The van der Waals surface area contributed by atoms with Crippen molar-refractivity contribution in [3.8, 4) is 0 Å². The second-order valence-electron chi connectivity index (χ2n) is 5.55. The number of nitrogens with one attached hydrogen (secondary N) is 2. The third kappa shape index (κ3) is 8.51. The monoisotopic (exact) mass is 354 g/mol. The molecule has 4 N–H and O–H groups in total. The van der Waals surface area contributed by atoms with Gasteiger partial charge in [-0.05, 0) is 26.2 Å². The highest BCUT2D eigenvalue weighted by Crippen LogP contribution is 2.23. The SMILES string of the molecule is CC(=O)NC[C@@H]1N[C@@H](C(=O)O)C[C@@H]1C=C(C)C.O=C(O)C(F)(F)F.